The van der Waals surface area contributed by atoms with Crippen molar-refractivity contribution in [2.75, 3.05) is 5.32 Å². The van der Waals surface area contributed by atoms with E-state index < -0.39 is 12.0 Å². The van der Waals surface area contributed by atoms with Gasteiger partial charge in [-0.2, -0.15) is 0 Å². The molecule has 3 aromatic rings. The Kier molecular flexibility index (Phi) is 5.95. The van der Waals surface area contributed by atoms with E-state index in [4.69, 9.17) is 0 Å². The first-order chi connectivity index (χ1) is 14.5. The number of nitrogens with zero attached hydrogens (tertiary/aromatic N) is 1. The van der Waals surface area contributed by atoms with Crippen molar-refractivity contribution in [3.8, 4) is 0 Å². The molecule has 5 nitrogen and oxygen atoms in total. The average molecular weight is 408 g/mol. The van der Waals surface area contributed by atoms with Crippen molar-refractivity contribution in [1.29, 1.82) is 0 Å². The van der Waals surface area contributed by atoms with Gasteiger partial charge in [0, 0.05) is 28.6 Å². The number of aliphatic hydroxyl groups is 1. The highest BCUT2D eigenvalue weighted by molar-refractivity contribution is 6.02. The maximum atomic E-state index is 13.8. The molecule has 0 spiro atoms. The molecule has 1 atom stereocenters. The molecule has 1 saturated carbocycles. The van der Waals surface area contributed by atoms with Gasteiger partial charge in [-0.15, -0.1) is 0 Å². The largest absolute Gasteiger partial charge is 0.373 e. The van der Waals surface area contributed by atoms with E-state index in [1.54, 1.807) is 48.7 Å². The van der Waals surface area contributed by atoms with Crippen LogP contribution >= 0.6 is 0 Å². The molecule has 2 aromatic carbocycles. The number of halogens is 1. The van der Waals surface area contributed by atoms with Crippen LogP contribution in [0.2, 0.25) is 0 Å². The van der Waals surface area contributed by atoms with Gasteiger partial charge in [-0.05, 0) is 42.7 Å². The minimum absolute atomic E-state index is 0.0811. The quantitative estimate of drug-likeness (QED) is 0.658. The van der Waals surface area contributed by atoms with Gasteiger partial charge in [0.2, 0.25) is 5.91 Å². The predicted molar refractivity (Wildman–Crippen MR) is 115 cm³/mol. The predicted octanol–water partition coefficient (Wildman–Crippen LogP) is 4.39. The van der Waals surface area contributed by atoms with Crippen molar-refractivity contribution >= 4 is 22.4 Å². The SMILES string of the molecule is O=C(Cc1ccccc1F)Nc1cccc2c(=O)n(C(O)C3CCCCC3)ccc12. The van der Waals surface area contributed by atoms with Crippen LogP contribution in [0.5, 0.6) is 0 Å². The van der Waals surface area contributed by atoms with Gasteiger partial charge >= 0.3 is 0 Å². The third kappa shape index (κ3) is 4.14. The van der Waals surface area contributed by atoms with E-state index in [2.05, 4.69) is 5.32 Å². The Morgan fingerprint density at radius 1 is 1.07 bits per heavy atom. The van der Waals surface area contributed by atoms with E-state index in [-0.39, 0.29) is 23.8 Å². The number of aromatic nitrogens is 1. The minimum Gasteiger partial charge on any atom is -0.373 e. The standard InChI is InChI=1S/C24H25FN2O3/c25-20-11-5-4-9-17(20)15-22(28)26-21-12-6-10-19-18(21)13-14-27(24(19)30)23(29)16-7-2-1-3-8-16/h4-6,9-14,16,23,29H,1-3,7-8,15H2,(H,26,28). The molecular weight excluding hydrogens is 383 g/mol. The molecule has 2 N–H and O–H groups in total. The molecule has 156 valence electrons. The lowest BCUT2D eigenvalue weighted by Crippen LogP contribution is -2.30. The molecule has 1 heterocycles. The Morgan fingerprint density at radius 3 is 2.60 bits per heavy atom. The van der Waals surface area contributed by atoms with E-state index >= 15 is 0 Å². The van der Waals surface area contributed by atoms with E-state index in [0.717, 1.165) is 25.7 Å². The number of nitrogens with one attached hydrogen (secondary N) is 1. The lowest BCUT2D eigenvalue weighted by Gasteiger charge is -2.28. The van der Waals surface area contributed by atoms with Crippen LogP contribution in [0.4, 0.5) is 10.1 Å². The lowest BCUT2D eigenvalue weighted by molar-refractivity contribution is -0.115. The molecule has 0 saturated heterocycles. The summed E-state index contributed by atoms with van der Waals surface area (Å²) < 4.78 is 15.2. The molecule has 0 bridgehead atoms. The summed E-state index contributed by atoms with van der Waals surface area (Å²) in [6.45, 7) is 0. The Labute approximate surface area is 174 Å². The lowest BCUT2D eigenvalue weighted by atomic mass is 9.88. The Morgan fingerprint density at radius 2 is 1.83 bits per heavy atom. The zero-order valence-electron chi connectivity index (χ0n) is 16.7. The van der Waals surface area contributed by atoms with Crippen molar-refractivity contribution < 1.29 is 14.3 Å². The number of hydrogen-bond acceptors (Lipinski definition) is 3. The molecular formula is C24H25FN2O3. The van der Waals surface area contributed by atoms with Crippen LogP contribution in [-0.2, 0) is 11.2 Å². The maximum Gasteiger partial charge on any atom is 0.260 e. The van der Waals surface area contributed by atoms with Gasteiger partial charge in [-0.1, -0.05) is 43.5 Å². The number of anilines is 1. The second-order valence-electron chi connectivity index (χ2n) is 7.92. The number of aliphatic hydroxyl groups excluding tert-OH is 1. The molecule has 1 aromatic heterocycles. The number of amides is 1. The van der Waals surface area contributed by atoms with Gasteiger partial charge in [0.1, 0.15) is 12.0 Å². The van der Waals surface area contributed by atoms with Gasteiger partial charge < -0.3 is 10.4 Å². The van der Waals surface area contributed by atoms with E-state index in [0.29, 0.717) is 22.0 Å². The van der Waals surface area contributed by atoms with E-state index in [1.807, 2.05) is 0 Å². The Bertz CT molecular complexity index is 1120. The maximum absolute atomic E-state index is 13.8. The molecule has 4 rings (SSSR count). The third-order valence-electron chi connectivity index (χ3n) is 5.91. The highest BCUT2D eigenvalue weighted by atomic mass is 19.1. The summed E-state index contributed by atoms with van der Waals surface area (Å²) in [6, 6.07) is 13.0. The minimum atomic E-state index is -0.846. The van der Waals surface area contributed by atoms with Crippen LogP contribution in [0.3, 0.4) is 0 Å². The van der Waals surface area contributed by atoms with Crippen molar-refractivity contribution in [2.45, 2.75) is 44.8 Å². The van der Waals surface area contributed by atoms with Crippen LogP contribution < -0.4 is 10.9 Å². The number of rotatable bonds is 5. The van der Waals surface area contributed by atoms with Crippen LogP contribution in [0, 0.1) is 11.7 Å². The zero-order chi connectivity index (χ0) is 21.1. The summed E-state index contributed by atoms with van der Waals surface area (Å²) in [6.07, 6.45) is 5.80. The molecule has 1 amide bonds. The summed E-state index contributed by atoms with van der Waals surface area (Å²) >= 11 is 0. The summed E-state index contributed by atoms with van der Waals surface area (Å²) in [5.74, 6) is -0.707. The highest BCUT2D eigenvalue weighted by Crippen LogP contribution is 2.31. The van der Waals surface area contributed by atoms with Crippen LogP contribution in [-0.4, -0.2) is 15.6 Å². The van der Waals surface area contributed by atoms with Crippen molar-refractivity contribution in [2.24, 2.45) is 5.92 Å². The molecule has 1 aliphatic carbocycles. The van der Waals surface area contributed by atoms with Crippen LogP contribution in [0.1, 0.15) is 43.9 Å². The zero-order valence-corrected chi connectivity index (χ0v) is 16.7. The monoisotopic (exact) mass is 408 g/mol. The van der Waals surface area contributed by atoms with E-state index in [1.165, 1.54) is 17.1 Å². The molecule has 6 heteroatoms. The van der Waals surface area contributed by atoms with Crippen LogP contribution in [0.15, 0.2) is 59.5 Å². The fourth-order valence-electron chi connectivity index (χ4n) is 4.28. The van der Waals surface area contributed by atoms with Gasteiger partial charge in [0.15, 0.2) is 0 Å². The normalized spacial score (nSPS) is 15.8. The summed E-state index contributed by atoms with van der Waals surface area (Å²) in [7, 11) is 0. The number of benzene rings is 2. The first kappa shape index (κ1) is 20.3. The summed E-state index contributed by atoms with van der Waals surface area (Å²) in [5, 5.41) is 14.6. The van der Waals surface area contributed by atoms with E-state index in [9.17, 15) is 19.1 Å². The van der Waals surface area contributed by atoms with Crippen molar-refractivity contribution in [3.05, 3.63) is 76.5 Å². The second-order valence-corrected chi connectivity index (χ2v) is 7.92. The summed E-state index contributed by atoms with van der Waals surface area (Å²) in [5.41, 5.74) is 0.522. The number of pyridine rings is 1. The molecule has 1 aliphatic rings. The number of fused-ring (bicyclic) bond motifs is 1. The first-order valence-electron chi connectivity index (χ1n) is 10.4. The van der Waals surface area contributed by atoms with Gasteiger partial charge in [0.25, 0.3) is 5.56 Å². The Balaban J connectivity index is 1.59. The summed E-state index contributed by atoms with van der Waals surface area (Å²) in [4.78, 5) is 25.5. The smallest absolute Gasteiger partial charge is 0.260 e. The number of carbonyl (C=O) groups is 1. The van der Waals surface area contributed by atoms with Crippen LogP contribution in [0.25, 0.3) is 10.8 Å². The van der Waals surface area contributed by atoms with Gasteiger partial charge in [0.05, 0.1) is 6.42 Å². The fourth-order valence-corrected chi connectivity index (χ4v) is 4.28. The number of hydrogen-bond donors (Lipinski definition) is 2. The van der Waals surface area contributed by atoms with Crippen molar-refractivity contribution in [1.82, 2.24) is 4.57 Å². The molecule has 0 aliphatic heterocycles. The molecule has 1 unspecified atom stereocenters. The molecule has 0 radical (unpaired) electrons. The first-order valence-corrected chi connectivity index (χ1v) is 10.4. The van der Waals surface area contributed by atoms with Crippen molar-refractivity contribution in [3.63, 3.8) is 0 Å². The average Bonchev–Trinajstić information content (AvgIpc) is 2.76. The highest BCUT2D eigenvalue weighted by Gasteiger charge is 2.24. The Hall–Kier alpha value is -2.99. The van der Waals surface area contributed by atoms with Gasteiger partial charge in [-0.25, -0.2) is 4.39 Å². The number of carbonyl (C=O) groups excluding carboxylic acids is 1. The molecule has 30 heavy (non-hydrogen) atoms. The molecule has 1 fully saturated rings. The topological polar surface area (TPSA) is 71.3 Å². The second kappa shape index (κ2) is 8.79. The fraction of sp³-hybridized carbons (Fsp3) is 0.333. The third-order valence-corrected chi connectivity index (χ3v) is 5.91. The van der Waals surface area contributed by atoms with Gasteiger partial charge in [-0.3, -0.25) is 14.2 Å².